The van der Waals surface area contributed by atoms with E-state index in [2.05, 4.69) is 9.96 Å². The third-order valence-corrected chi connectivity index (χ3v) is 2.15. The molecular weight excluding hydrogens is 202 g/mol. The summed E-state index contributed by atoms with van der Waals surface area (Å²) in [4.78, 5) is 19.0. The highest BCUT2D eigenvalue weighted by Crippen LogP contribution is 2.20. The minimum atomic E-state index is -0.256. The molecule has 0 spiro atoms. The Balaban J connectivity index is 2.47. The van der Waals surface area contributed by atoms with Crippen LogP contribution in [-0.2, 0) is 0 Å². The first-order chi connectivity index (χ1) is 7.83. The molecule has 0 radical (unpaired) electrons. The highest BCUT2D eigenvalue weighted by Gasteiger charge is 2.21. The van der Waals surface area contributed by atoms with Gasteiger partial charge >= 0.3 is 5.69 Å². The van der Waals surface area contributed by atoms with E-state index in [-0.39, 0.29) is 11.5 Å². The molecule has 0 fully saturated rings. The van der Waals surface area contributed by atoms with E-state index >= 15 is 0 Å². The van der Waals surface area contributed by atoms with E-state index in [1.165, 1.54) is 0 Å². The summed E-state index contributed by atoms with van der Waals surface area (Å²) >= 11 is 0. The average molecular weight is 210 g/mol. The number of diazo groups is 1. The second-order valence-corrected chi connectivity index (χ2v) is 3.16. The van der Waals surface area contributed by atoms with Gasteiger partial charge in [0.2, 0.25) is 11.2 Å². The van der Waals surface area contributed by atoms with Crippen LogP contribution in [0.4, 0.5) is 5.69 Å². The highest BCUT2D eigenvalue weighted by atomic mass is 16.1. The van der Waals surface area contributed by atoms with E-state index in [1.54, 1.807) is 48.7 Å². The van der Waals surface area contributed by atoms with Crippen molar-refractivity contribution in [2.45, 2.75) is 0 Å². The maximum atomic E-state index is 12.0. The summed E-state index contributed by atoms with van der Waals surface area (Å²) in [7, 11) is 0. The predicted octanol–water partition coefficient (Wildman–Crippen LogP) is 2.80. The average Bonchev–Trinajstić information content (AvgIpc) is 2.39. The minimum absolute atomic E-state index is 0.248. The molecule has 0 aliphatic heterocycles. The summed E-state index contributed by atoms with van der Waals surface area (Å²) in [6, 6.07) is 11.7. The zero-order valence-electron chi connectivity index (χ0n) is 8.37. The molecule has 1 heterocycles. The summed E-state index contributed by atoms with van der Waals surface area (Å²) in [5.74, 6) is -0.256. The van der Waals surface area contributed by atoms with Crippen LogP contribution in [0.5, 0.6) is 0 Å². The van der Waals surface area contributed by atoms with Crippen molar-refractivity contribution in [3.8, 4) is 0 Å². The van der Waals surface area contributed by atoms with Crippen LogP contribution in [0.2, 0.25) is 0 Å². The summed E-state index contributed by atoms with van der Waals surface area (Å²) in [5, 5.41) is 8.77. The van der Waals surface area contributed by atoms with Gasteiger partial charge in [-0.15, -0.1) is 0 Å². The zero-order valence-corrected chi connectivity index (χ0v) is 8.37. The van der Waals surface area contributed by atoms with Crippen LogP contribution < -0.4 is 0 Å². The Morgan fingerprint density at radius 2 is 1.88 bits per heavy atom. The molecule has 2 rings (SSSR count). The van der Waals surface area contributed by atoms with Crippen molar-refractivity contribution in [2.24, 2.45) is 0 Å². The topological polar surface area (TPSA) is 58.1 Å². The molecule has 0 bridgehead atoms. The van der Waals surface area contributed by atoms with Crippen molar-refractivity contribution in [1.29, 1.82) is 5.39 Å². The number of nitrogens with zero attached hydrogens (tertiary/aromatic N) is 3. The number of aromatic nitrogens is 1. The molecular formula is C12H8N3O+. The number of carbonyl (C=O) groups is 1. The van der Waals surface area contributed by atoms with Gasteiger partial charge in [0.1, 0.15) is 11.3 Å². The molecule has 4 nitrogen and oxygen atoms in total. The molecule has 0 N–H and O–H groups in total. The largest absolute Gasteiger partial charge is 0.396 e. The number of hydrogen-bond acceptors (Lipinski definition) is 3. The first-order valence-corrected chi connectivity index (χ1v) is 4.73. The van der Waals surface area contributed by atoms with Gasteiger partial charge in [0.25, 0.3) is 0 Å². The van der Waals surface area contributed by atoms with E-state index < -0.39 is 0 Å². The van der Waals surface area contributed by atoms with Crippen molar-refractivity contribution >= 4 is 11.5 Å². The summed E-state index contributed by atoms with van der Waals surface area (Å²) < 4.78 is 0. The molecule has 4 heteroatoms. The minimum Gasteiger partial charge on any atom is -0.287 e. The lowest BCUT2D eigenvalue weighted by Crippen LogP contribution is -2.03. The second kappa shape index (κ2) is 4.32. The van der Waals surface area contributed by atoms with Gasteiger partial charge in [0.05, 0.1) is 0 Å². The lowest BCUT2D eigenvalue weighted by atomic mass is 10.1. The standard InChI is InChI=1S/C12H8N3O/c13-15-10-6-2-1-5-9(10)12(16)11-7-3-4-8-14-11/h1-8H/q+1. The predicted molar refractivity (Wildman–Crippen MR) is 58.9 cm³/mol. The Kier molecular flexibility index (Phi) is 2.70. The van der Waals surface area contributed by atoms with Gasteiger partial charge in [-0.2, -0.15) is 0 Å². The summed E-state index contributed by atoms with van der Waals surface area (Å²) in [5.41, 5.74) is 0.917. The van der Waals surface area contributed by atoms with Crippen LogP contribution in [0.1, 0.15) is 16.1 Å². The number of pyridine rings is 1. The Morgan fingerprint density at radius 1 is 1.12 bits per heavy atom. The fraction of sp³-hybridized carbons (Fsp3) is 0. The molecule has 16 heavy (non-hydrogen) atoms. The van der Waals surface area contributed by atoms with Crippen molar-refractivity contribution in [1.82, 2.24) is 4.98 Å². The molecule has 1 aromatic carbocycles. The Labute approximate surface area is 92.2 Å². The molecule has 0 aliphatic carbocycles. The number of benzene rings is 1. The maximum Gasteiger partial charge on any atom is 0.396 e. The summed E-state index contributed by atoms with van der Waals surface area (Å²) in [6.07, 6.45) is 1.55. The Bertz CT molecular complexity index is 558. The van der Waals surface area contributed by atoms with Crippen LogP contribution in [0, 0.1) is 5.39 Å². The third-order valence-electron chi connectivity index (χ3n) is 2.15. The fourth-order valence-electron chi connectivity index (χ4n) is 1.39. The lowest BCUT2D eigenvalue weighted by molar-refractivity contribution is 0.103. The number of hydrogen-bond donors (Lipinski definition) is 0. The van der Waals surface area contributed by atoms with Crippen molar-refractivity contribution in [2.75, 3.05) is 0 Å². The molecule has 0 aliphatic rings. The van der Waals surface area contributed by atoms with Gasteiger partial charge in [-0.3, -0.25) is 9.78 Å². The lowest BCUT2D eigenvalue weighted by Gasteiger charge is -1.96. The number of ketones is 1. The zero-order chi connectivity index (χ0) is 11.4. The van der Waals surface area contributed by atoms with Crippen LogP contribution in [0.3, 0.4) is 0 Å². The van der Waals surface area contributed by atoms with E-state index in [4.69, 9.17) is 5.39 Å². The SMILES string of the molecule is N#[N+]c1ccccc1C(=O)c1ccccn1. The molecule has 0 atom stereocenters. The van der Waals surface area contributed by atoms with Crippen LogP contribution in [0.25, 0.3) is 4.98 Å². The van der Waals surface area contributed by atoms with E-state index in [0.717, 1.165) is 0 Å². The molecule has 0 unspecified atom stereocenters. The molecule has 1 aromatic heterocycles. The number of rotatable bonds is 2. The molecule has 0 saturated heterocycles. The monoisotopic (exact) mass is 210 g/mol. The van der Waals surface area contributed by atoms with Crippen molar-refractivity contribution < 1.29 is 4.79 Å². The smallest absolute Gasteiger partial charge is 0.287 e. The van der Waals surface area contributed by atoms with Gasteiger partial charge in [-0.05, 0) is 18.2 Å². The Hall–Kier alpha value is -2.54. The van der Waals surface area contributed by atoms with Crippen molar-refractivity contribution in [3.05, 3.63) is 64.9 Å². The van der Waals surface area contributed by atoms with Crippen LogP contribution in [-0.4, -0.2) is 10.8 Å². The number of carbonyl (C=O) groups excluding carboxylic acids is 1. The van der Waals surface area contributed by atoms with Gasteiger partial charge in [-0.1, -0.05) is 18.2 Å². The third kappa shape index (κ3) is 1.79. The van der Waals surface area contributed by atoms with E-state index in [9.17, 15) is 4.79 Å². The van der Waals surface area contributed by atoms with Gasteiger partial charge in [-0.25, -0.2) is 0 Å². The Morgan fingerprint density at radius 3 is 2.56 bits per heavy atom. The molecule has 0 amide bonds. The molecule has 76 valence electrons. The normalized spacial score (nSPS) is 9.44. The first kappa shape index (κ1) is 9.99. The molecule has 2 aromatic rings. The quantitative estimate of drug-likeness (QED) is 0.565. The van der Waals surface area contributed by atoms with Gasteiger partial charge < -0.3 is 0 Å². The fourth-order valence-corrected chi connectivity index (χ4v) is 1.39. The van der Waals surface area contributed by atoms with Crippen LogP contribution in [0.15, 0.2) is 48.7 Å². The second-order valence-electron chi connectivity index (χ2n) is 3.16. The summed E-state index contributed by atoms with van der Waals surface area (Å²) in [6.45, 7) is 0. The van der Waals surface area contributed by atoms with E-state index in [1.807, 2.05) is 0 Å². The van der Waals surface area contributed by atoms with Crippen molar-refractivity contribution in [3.63, 3.8) is 0 Å². The maximum absolute atomic E-state index is 12.0. The van der Waals surface area contributed by atoms with Gasteiger partial charge in [0, 0.05) is 12.3 Å². The highest BCUT2D eigenvalue weighted by molar-refractivity contribution is 6.11. The van der Waals surface area contributed by atoms with E-state index in [0.29, 0.717) is 11.3 Å². The van der Waals surface area contributed by atoms with Gasteiger partial charge in [0.15, 0.2) is 4.98 Å². The van der Waals surface area contributed by atoms with Crippen LogP contribution >= 0.6 is 0 Å². The molecule has 0 saturated carbocycles. The first-order valence-electron chi connectivity index (χ1n) is 4.73.